The number of nitrogens with zero attached hydrogens (tertiary/aromatic N) is 4. The number of piperidine rings is 1. The van der Waals surface area contributed by atoms with Crippen LogP contribution in [0, 0.1) is 11.3 Å². The predicted octanol–water partition coefficient (Wildman–Crippen LogP) is 3.17. The third-order valence-corrected chi connectivity index (χ3v) is 5.54. The van der Waals surface area contributed by atoms with Gasteiger partial charge in [0, 0.05) is 38.4 Å². The van der Waals surface area contributed by atoms with Gasteiger partial charge in [-0.1, -0.05) is 0 Å². The van der Waals surface area contributed by atoms with Crippen molar-refractivity contribution in [2.45, 2.75) is 37.7 Å². The molecule has 30 heavy (non-hydrogen) atoms. The van der Waals surface area contributed by atoms with Gasteiger partial charge < -0.3 is 9.64 Å². The predicted molar refractivity (Wildman–Crippen MR) is 89.2 cm³/mol. The van der Waals surface area contributed by atoms with Crippen LogP contribution in [0.15, 0.2) is 18.6 Å². The van der Waals surface area contributed by atoms with E-state index in [-0.39, 0.29) is 37.8 Å². The van der Waals surface area contributed by atoms with Crippen molar-refractivity contribution in [3.63, 3.8) is 0 Å². The van der Waals surface area contributed by atoms with Gasteiger partial charge in [0.15, 0.2) is 5.82 Å². The van der Waals surface area contributed by atoms with Crippen LogP contribution in [0.1, 0.15) is 19.3 Å². The van der Waals surface area contributed by atoms with Gasteiger partial charge in [-0.3, -0.25) is 14.7 Å². The number of ether oxygens (including phenoxy) is 1. The van der Waals surface area contributed by atoms with E-state index in [4.69, 9.17) is 0 Å². The maximum atomic E-state index is 12.7. The molecule has 2 heterocycles. The van der Waals surface area contributed by atoms with Crippen LogP contribution in [0.3, 0.4) is 0 Å². The Morgan fingerprint density at radius 3 is 2.27 bits per heavy atom. The highest BCUT2D eigenvalue weighted by atomic mass is 19.4. The molecule has 0 radical (unpaired) electrons. The van der Waals surface area contributed by atoms with Gasteiger partial charge in [0.2, 0.25) is 5.91 Å². The Hall–Kier alpha value is -2.60. The molecule has 1 aliphatic carbocycles. The summed E-state index contributed by atoms with van der Waals surface area (Å²) in [5.74, 6) is -0.211. The van der Waals surface area contributed by atoms with Crippen molar-refractivity contribution in [2.75, 3.05) is 25.0 Å². The highest BCUT2D eigenvalue weighted by Gasteiger charge is 2.62. The van der Waals surface area contributed by atoms with Gasteiger partial charge in [-0.05, 0) is 24.7 Å². The van der Waals surface area contributed by atoms with Gasteiger partial charge in [-0.25, -0.2) is 9.78 Å². The third kappa shape index (κ3) is 4.43. The largest absolute Gasteiger partial charge is 0.434 e. The molecule has 0 bridgehead atoms. The summed E-state index contributed by atoms with van der Waals surface area (Å²) in [6, 6.07) is 0. The zero-order valence-electron chi connectivity index (χ0n) is 15.7. The van der Waals surface area contributed by atoms with Crippen molar-refractivity contribution in [1.29, 1.82) is 0 Å². The molecule has 1 aromatic heterocycles. The molecule has 1 unspecified atom stereocenters. The number of amides is 2. The number of likely N-dealkylation sites (tertiary alicyclic amines) is 1. The summed E-state index contributed by atoms with van der Waals surface area (Å²) in [6.45, 7) is -0.195. The van der Waals surface area contributed by atoms with Gasteiger partial charge in [0.05, 0.1) is 6.20 Å². The molecule has 13 heteroatoms. The van der Waals surface area contributed by atoms with Crippen molar-refractivity contribution in [1.82, 2.24) is 14.9 Å². The second-order valence-corrected chi connectivity index (χ2v) is 7.41. The Morgan fingerprint density at radius 1 is 1.17 bits per heavy atom. The summed E-state index contributed by atoms with van der Waals surface area (Å²) in [5, 5.41) is 0. The summed E-state index contributed by atoms with van der Waals surface area (Å²) in [7, 11) is 1.54. The molecular weight excluding hydrogens is 422 g/mol. The first-order chi connectivity index (χ1) is 13.8. The maximum absolute atomic E-state index is 12.7. The van der Waals surface area contributed by atoms with Crippen LogP contribution in [0.4, 0.5) is 37.0 Å². The van der Waals surface area contributed by atoms with E-state index < -0.39 is 30.0 Å². The lowest BCUT2D eigenvalue weighted by Crippen LogP contribution is -2.49. The first kappa shape index (κ1) is 22.1. The van der Waals surface area contributed by atoms with Gasteiger partial charge in [0.1, 0.15) is 0 Å². The highest BCUT2D eigenvalue weighted by Crippen LogP contribution is 2.60. The summed E-state index contributed by atoms with van der Waals surface area (Å²) < 4.78 is 79.1. The number of aromatic nitrogens is 2. The van der Waals surface area contributed by atoms with Crippen LogP contribution in [-0.4, -0.2) is 65.5 Å². The Bertz CT molecular complexity index is 779. The molecule has 1 saturated carbocycles. The maximum Gasteiger partial charge on any atom is 0.434 e. The highest BCUT2D eigenvalue weighted by molar-refractivity contribution is 5.96. The van der Waals surface area contributed by atoms with Crippen molar-refractivity contribution >= 4 is 17.8 Å². The summed E-state index contributed by atoms with van der Waals surface area (Å²) in [6.07, 6.45) is -12.0. The van der Waals surface area contributed by atoms with Gasteiger partial charge in [-0.15, -0.1) is 0 Å². The minimum Gasteiger partial charge on any atom is -0.426 e. The van der Waals surface area contributed by atoms with Crippen molar-refractivity contribution in [3.05, 3.63) is 18.6 Å². The third-order valence-electron chi connectivity index (χ3n) is 5.54. The molecule has 1 spiro atoms. The second-order valence-electron chi connectivity index (χ2n) is 7.41. The number of carbonyl (C=O) groups excluding carboxylic acids is 2. The quantitative estimate of drug-likeness (QED) is 0.675. The van der Waals surface area contributed by atoms with E-state index in [0.29, 0.717) is 12.2 Å². The fraction of sp³-hybridized carbons (Fsp3) is 0.647. The second kappa shape index (κ2) is 7.58. The van der Waals surface area contributed by atoms with E-state index in [1.54, 1.807) is 7.05 Å². The molecule has 1 aliphatic heterocycles. The van der Waals surface area contributed by atoms with Crippen molar-refractivity contribution < 1.29 is 40.7 Å². The topological polar surface area (TPSA) is 75.6 Å². The molecule has 1 saturated heterocycles. The lowest BCUT2D eigenvalue weighted by molar-refractivity contribution is -0.308. The number of hydrogen-bond donors (Lipinski definition) is 0. The first-order valence-corrected chi connectivity index (χ1v) is 8.98. The smallest absolute Gasteiger partial charge is 0.426 e. The van der Waals surface area contributed by atoms with Crippen LogP contribution >= 0.6 is 0 Å². The Labute approximate surface area is 167 Å². The lowest BCUT2D eigenvalue weighted by atomic mass is 9.90. The van der Waals surface area contributed by atoms with Crippen LogP contribution in [0.2, 0.25) is 0 Å². The van der Waals surface area contributed by atoms with E-state index in [1.807, 2.05) is 0 Å². The first-order valence-electron chi connectivity index (χ1n) is 8.98. The summed E-state index contributed by atoms with van der Waals surface area (Å²) >= 11 is 0. The zero-order chi connectivity index (χ0) is 22.3. The van der Waals surface area contributed by atoms with Gasteiger partial charge in [-0.2, -0.15) is 26.3 Å². The number of halogens is 6. The van der Waals surface area contributed by atoms with Crippen molar-refractivity contribution in [3.8, 4) is 0 Å². The van der Waals surface area contributed by atoms with Gasteiger partial charge in [0.25, 0.3) is 6.10 Å². The van der Waals surface area contributed by atoms with E-state index in [9.17, 15) is 35.9 Å². The van der Waals surface area contributed by atoms with E-state index in [1.165, 1.54) is 23.5 Å². The Balaban J connectivity index is 1.56. The molecule has 3 rings (SSSR count). The molecule has 7 nitrogen and oxygen atoms in total. The Kier molecular flexibility index (Phi) is 5.58. The number of anilines is 1. The van der Waals surface area contributed by atoms with Crippen LogP contribution in [-0.2, 0) is 9.53 Å². The van der Waals surface area contributed by atoms with Crippen LogP contribution < -0.4 is 4.90 Å². The molecule has 2 aliphatic rings. The molecule has 2 fully saturated rings. The monoisotopic (exact) mass is 440 g/mol. The average molecular weight is 440 g/mol. The van der Waals surface area contributed by atoms with Crippen LogP contribution in [0.25, 0.3) is 0 Å². The normalized spacial score (nSPS) is 20.9. The average Bonchev–Trinajstić information content (AvgIpc) is 3.37. The lowest BCUT2D eigenvalue weighted by Gasteiger charge is -2.34. The fourth-order valence-electron chi connectivity index (χ4n) is 3.69. The number of carbonyl (C=O) groups is 2. The molecular formula is C17H18F6N4O3. The molecule has 0 N–H and O–H groups in total. The van der Waals surface area contributed by atoms with E-state index in [2.05, 4.69) is 14.7 Å². The molecule has 2 amide bonds. The molecule has 1 aromatic rings. The van der Waals surface area contributed by atoms with Crippen LogP contribution in [0.5, 0.6) is 0 Å². The van der Waals surface area contributed by atoms with Gasteiger partial charge >= 0.3 is 18.4 Å². The fourth-order valence-corrected chi connectivity index (χ4v) is 3.69. The van der Waals surface area contributed by atoms with E-state index >= 15 is 0 Å². The minimum atomic E-state index is -5.76. The number of rotatable bonds is 3. The SMILES string of the molecule is CN(C(=O)C1CC12CCN(C(=O)OC(C(F)(F)F)C(F)(F)F)CC2)c1cnccn1. The molecule has 166 valence electrons. The van der Waals surface area contributed by atoms with E-state index in [0.717, 1.165) is 4.90 Å². The molecule has 1 atom stereocenters. The summed E-state index contributed by atoms with van der Waals surface area (Å²) in [4.78, 5) is 34.6. The summed E-state index contributed by atoms with van der Waals surface area (Å²) in [5.41, 5.74) is -0.433. The Morgan fingerprint density at radius 2 is 1.77 bits per heavy atom. The number of alkyl halides is 6. The number of hydrogen-bond acceptors (Lipinski definition) is 5. The van der Waals surface area contributed by atoms with Crippen molar-refractivity contribution in [2.24, 2.45) is 11.3 Å². The molecule has 0 aromatic carbocycles. The standard InChI is InChI=1S/C17H18F6N4O3/c1-26(11-9-24-4-5-25-11)12(28)10-8-15(10)2-6-27(7-3-15)14(29)30-13(16(18,19)20)17(21,22)23/h4-5,9-10,13H,2-3,6-8H2,1H3. The minimum absolute atomic E-state index is 0.0973. The zero-order valence-corrected chi connectivity index (χ0v) is 15.7.